The molecule has 39 heavy (non-hydrogen) atoms. The van der Waals surface area contributed by atoms with E-state index >= 15 is 0 Å². The number of hydrogen-bond donors (Lipinski definition) is 2. The van der Waals surface area contributed by atoms with E-state index in [0.717, 1.165) is 25.4 Å². The number of thiazole rings is 1. The van der Waals surface area contributed by atoms with Gasteiger partial charge >= 0.3 is 0 Å². The number of carbonyl (C=O) groups excluding carboxylic acids is 2. The van der Waals surface area contributed by atoms with Crippen molar-refractivity contribution in [2.45, 2.75) is 6.42 Å². The summed E-state index contributed by atoms with van der Waals surface area (Å²) in [5.41, 5.74) is 5.79. The molecule has 6 rings (SSSR count). The number of rotatable bonds is 7. The molecule has 12 heteroatoms. The fraction of sp³-hybridized carbons (Fsp3) is 0.0741. The van der Waals surface area contributed by atoms with Gasteiger partial charge in [0.1, 0.15) is 5.75 Å². The number of hydrogen-bond acceptors (Lipinski definition) is 9. The Labute approximate surface area is 236 Å². The van der Waals surface area contributed by atoms with Crippen molar-refractivity contribution in [1.29, 1.82) is 0 Å². The molecule has 9 nitrogen and oxygen atoms in total. The average molecular weight is 575 g/mol. The zero-order valence-electron chi connectivity index (χ0n) is 20.1. The molecule has 3 aromatic heterocycles. The number of fused-ring (bicyclic) bond motifs is 1. The number of amides is 2. The minimum Gasteiger partial charge on any atom is -0.482 e. The zero-order valence-corrected chi connectivity index (χ0v) is 22.5. The highest BCUT2D eigenvalue weighted by molar-refractivity contribution is 7.13. The fourth-order valence-corrected chi connectivity index (χ4v) is 5.66. The summed E-state index contributed by atoms with van der Waals surface area (Å²) in [5, 5.41) is 7.90. The Balaban J connectivity index is 1.24. The lowest BCUT2D eigenvalue weighted by Gasteiger charge is -2.18. The summed E-state index contributed by atoms with van der Waals surface area (Å²) in [5.74, 6) is 0.572. The zero-order chi connectivity index (χ0) is 26.8. The third-order valence-electron chi connectivity index (χ3n) is 5.80. The van der Waals surface area contributed by atoms with Crippen LogP contribution in [0, 0.1) is 0 Å². The lowest BCUT2D eigenvalue weighted by molar-refractivity contribution is -0.118. The third kappa shape index (κ3) is 5.46. The molecule has 0 radical (unpaired) electrons. The summed E-state index contributed by atoms with van der Waals surface area (Å²) in [6.07, 6.45) is 1.89. The van der Waals surface area contributed by atoms with Gasteiger partial charge in [0.15, 0.2) is 6.61 Å². The second kappa shape index (κ2) is 10.8. The van der Waals surface area contributed by atoms with Gasteiger partial charge in [0.25, 0.3) is 5.91 Å². The molecular formula is C27H19ClN6O3S2. The van der Waals surface area contributed by atoms with Crippen LogP contribution in [0.5, 0.6) is 5.75 Å². The molecule has 0 atom stereocenters. The number of halogens is 1. The molecule has 0 bridgehead atoms. The van der Waals surface area contributed by atoms with Gasteiger partial charge in [0.05, 0.1) is 39.6 Å². The molecule has 0 saturated heterocycles. The highest BCUT2D eigenvalue weighted by atomic mass is 35.5. The number of benzene rings is 2. The quantitative estimate of drug-likeness (QED) is 0.225. The van der Waals surface area contributed by atoms with E-state index in [4.69, 9.17) is 21.5 Å². The maximum absolute atomic E-state index is 12.7. The van der Waals surface area contributed by atoms with Crippen LogP contribution < -0.4 is 19.8 Å². The fourth-order valence-electron chi connectivity index (χ4n) is 4.02. The van der Waals surface area contributed by atoms with E-state index in [-0.39, 0.29) is 24.8 Å². The molecule has 0 aliphatic carbocycles. The van der Waals surface area contributed by atoms with Gasteiger partial charge in [0, 0.05) is 34.1 Å². The molecule has 1 aliphatic heterocycles. The predicted octanol–water partition coefficient (Wildman–Crippen LogP) is 6.13. The van der Waals surface area contributed by atoms with Crippen molar-refractivity contribution >= 4 is 69.3 Å². The molecule has 5 aromatic rings. The summed E-state index contributed by atoms with van der Waals surface area (Å²) >= 11 is 9.39. The molecule has 4 heterocycles. The molecule has 2 amide bonds. The van der Waals surface area contributed by atoms with Crippen molar-refractivity contribution in [1.82, 2.24) is 15.0 Å². The van der Waals surface area contributed by atoms with E-state index in [1.54, 1.807) is 29.9 Å². The molecule has 1 aliphatic rings. The van der Waals surface area contributed by atoms with Crippen LogP contribution in [0.1, 0.15) is 4.88 Å². The van der Waals surface area contributed by atoms with Crippen molar-refractivity contribution in [3.8, 4) is 27.6 Å². The van der Waals surface area contributed by atoms with Gasteiger partial charge in [-0.3, -0.25) is 9.59 Å². The van der Waals surface area contributed by atoms with Gasteiger partial charge in [-0.15, -0.1) is 22.7 Å². The summed E-state index contributed by atoms with van der Waals surface area (Å²) < 4.78 is 6.56. The monoisotopic (exact) mass is 574 g/mol. The molecule has 2 aromatic carbocycles. The SMILES string of the molecule is O=C1COc2ccc(Nc3nccc(-c4scnc4-c4cccc(N(Cl)C(=O)Cc5cccs5)c4)n3)cc2N1. The van der Waals surface area contributed by atoms with E-state index in [9.17, 15) is 9.59 Å². The van der Waals surface area contributed by atoms with Crippen LogP contribution in [0.25, 0.3) is 21.8 Å². The maximum Gasteiger partial charge on any atom is 0.262 e. The highest BCUT2D eigenvalue weighted by Gasteiger charge is 2.19. The molecule has 194 valence electrons. The summed E-state index contributed by atoms with van der Waals surface area (Å²) in [6, 6.07) is 18.4. The molecule has 0 saturated carbocycles. The predicted molar refractivity (Wildman–Crippen MR) is 154 cm³/mol. The topological polar surface area (TPSA) is 109 Å². The first-order valence-electron chi connectivity index (χ1n) is 11.8. The largest absolute Gasteiger partial charge is 0.482 e. The van der Waals surface area contributed by atoms with Gasteiger partial charge in [-0.1, -0.05) is 18.2 Å². The van der Waals surface area contributed by atoms with Crippen molar-refractivity contribution in [2.75, 3.05) is 21.7 Å². The first kappa shape index (κ1) is 25.0. The summed E-state index contributed by atoms with van der Waals surface area (Å²) in [6.45, 7) is -0.000593. The molecule has 0 fully saturated rings. The minimum atomic E-state index is -0.213. The van der Waals surface area contributed by atoms with Crippen LogP contribution in [-0.2, 0) is 16.0 Å². The number of anilines is 4. The van der Waals surface area contributed by atoms with E-state index in [1.807, 2.05) is 47.8 Å². The second-order valence-electron chi connectivity index (χ2n) is 8.45. The standard InChI is InChI=1S/C27H19ClN6O3S2/c28-34(24(36)13-19-5-2-10-38-19)18-4-1-3-16(11-18)25-26(39-15-30-25)20-8-9-29-27(33-20)31-17-6-7-22-21(12-17)32-23(35)14-37-22/h1-12,15H,13-14H2,(H,32,35)(H,29,31,33). The van der Waals surface area contributed by atoms with Crippen LogP contribution in [0.15, 0.2) is 77.8 Å². The van der Waals surface area contributed by atoms with Crippen LogP contribution in [0.3, 0.4) is 0 Å². The molecule has 2 N–H and O–H groups in total. The van der Waals surface area contributed by atoms with E-state index in [2.05, 4.69) is 20.6 Å². The minimum absolute atomic E-state index is 0.000593. The number of thiophene rings is 1. The van der Waals surface area contributed by atoms with Crippen LogP contribution in [-0.4, -0.2) is 33.4 Å². The number of carbonyl (C=O) groups is 2. The van der Waals surface area contributed by atoms with Crippen molar-refractivity contribution in [2.24, 2.45) is 0 Å². The van der Waals surface area contributed by atoms with Crippen molar-refractivity contribution < 1.29 is 14.3 Å². The van der Waals surface area contributed by atoms with Crippen molar-refractivity contribution in [3.05, 3.63) is 82.6 Å². The summed E-state index contributed by atoms with van der Waals surface area (Å²) in [4.78, 5) is 39.8. The van der Waals surface area contributed by atoms with Crippen LogP contribution in [0.4, 0.5) is 23.0 Å². The number of ether oxygens (including phenoxy) is 1. The summed E-state index contributed by atoms with van der Waals surface area (Å²) in [7, 11) is 0. The Morgan fingerprint density at radius 1 is 1.10 bits per heavy atom. The smallest absolute Gasteiger partial charge is 0.262 e. The number of nitrogens with one attached hydrogen (secondary N) is 2. The lowest BCUT2D eigenvalue weighted by Crippen LogP contribution is -2.25. The first-order chi connectivity index (χ1) is 19.0. The Bertz CT molecular complexity index is 1670. The third-order valence-corrected chi connectivity index (χ3v) is 7.90. The molecular weight excluding hydrogens is 556 g/mol. The average Bonchev–Trinajstić information content (AvgIpc) is 3.65. The Kier molecular flexibility index (Phi) is 6.93. The van der Waals surface area contributed by atoms with E-state index in [1.165, 1.54) is 22.7 Å². The molecule has 0 spiro atoms. The lowest BCUT2D eigenvalue weighted by atomic mass is 10.1. The Morgan fingerprint density at radius 3 is 2.90 bits per heavy atom. The van der Waals surface area contributed by atoms with Gasteiger partial charge < -0.3 is 15.4 Å². The van der Waals surface area contributed by atoms with E-state index < -0.39 is 0 Å². The van der Waals surface area contributed by atoms with Gasteiger partial charge in [-0.25, -0.2) is 19.4 Å². The van der Waals surface area contributed by atoms with Crippen LogP contribution >= 0.6 is 34.5 Å². The maximum atomic E-state index is 12.7. The van der Waals surface area contributed by atoms with E-state index in [0.29, 0.717) is 34.5 Å². The Morgan fingerprint density at radius 2 is 2.03 bits per heavy atom. The van der Waals surface area contributed by atoms with Crippen molar-refractivity contribution in [3.63, 3.8) is 0 Å². The van der Waals surface area contributed by atoms with Gasteiger partial charge in [-0.2, -0.15) is 0 Å². The highest BCUT2D eigenvalue weighted by Crippen LogP contribution is 2.36. The van der Waals surface area contributed by atoms with Gasteiger partial charge in [-0.05, 0) is 47.8 Å². The number of nitrogens with zero attached hydrogens (tertiary/aromatic N) is 4. The second-order valence-corrected chi connectivity index (χ2v) is 10.7. The van der Waals surface area contributed by atoms with Crippen LogP contribution in [0.2, 0.25) is 0 Å². The van der Waals surface area contributed by atoms with Gasteiger partial charge in [0.2, 0.25) is 11.9 Å². The normalized spacial score (nSPS) is 12.3. The number of aromatic nitrogens is 3. The Hall–Kier alpha value is -4.32. The first-order valence-corrected chi connectivity index (χ1v) is 13.9. The molecule has 0 unspecified atom stereocenters.